The molecule has 0 spiro atoms. The summed E-state index contributed by atoms with van der Waals surface area (Å²) in [5.74, 6) is -8.72. The molecule has 15 nitrogen and oxygen atoms in total. The van der Waals surface area contributed by atoms with Crippen molar-refractivity contribution in [2.75, 3.05) is 0 Å². The maximum absolute atomic E-state index is 12.8. The van der Waals surface area contributed by atoms with Crippen LogP contribution in [0.3, 0.4) is 0 Å². The molecule has 0 aromatic carbocycles. The van der Waals surface area contributed by atoms with Crippen LogP contribution in [-0.4, -0.2) is 81.0 Å². The average molecular weight is 489 g/mol. The van der Waals surface area contributed by atoms with Gasteiger partial charge in [0.15, 0.2) is 0 Å². The van der Waals surface area contributed by atoms with Crippen LogP contribution >= 0.6 is 0 Å². The van der Waals surface area contributed by atoms with Gasteiger partial charge in [0.1, 0.15) is 18.1 Å². The van der Waals surface area contributed by atoms with Gasteiger partial charge >= 0.3 is 17.9 Å². The first-order valence-corrected chi connectivity index (χ1v) is 10.3. The summed E-state index contributed by atoms with van der Waals surface area (Å²) < 4.78 is 0. The molecule has 0 bridgehead atoms. The molecule has 0 radical (unpaired) electrons. The fourth-order valence-electron chi connectivity index (χ4n) is 2.71. The minimum absolute atomic E-state index is 0.371. The summed E-state index contributed by atoms with van der Waals surface area (Å²) in [6, 6.07) is -6.00. The Hall–Kier alpha value is -3.75. The first-order valence-electron chi connectivity index (χ1n) is 10.3. The molecule has 0 aliphatic carbocycles. The lowest BCUT2D eigenvalue weighted by Crippen LogP contribution is -2.59. The largest absolute Gasteiger partial charge is 0.481 e. The SMILES string of the molecule is CCC(C)C(NC(=O)C(N)CC(N)=O)C(=O)NC(CC(=O)O)C(=O)NC(CCC(=O)O)C(=O)O. The third-order valence-corrected chi connectivity index (χ3v) is 4.82. The third kappa shape index (κ3) is 11.2. The standard InChI is InChI=1S/C19H31N5O10/c1-3-8(2)15(24-16(30)9(20)6-12(21)25)18(32)23-11(7-14(28)29)17(31)22-10(19(33)34)4-5-13(26)27/h8-11,15H,3-7,20H2,1-2H3,(H2,21,25)(H,22,31)(H,23,32)(H,24,30)(H,26,27)(H,28,29)(H,33,34). The summed E-state index contributed by atoms with van der Waals surface area (Å²) in [5, 5.41) is 33.5. The monoisotopic (exact) mass is 489 g/mol. The van der Waals surface area contributed by atoms with Crippen molar-refractivity contribution in [1.82, 2.24) is 16.0 Å². The number of carbonyl (C=O) groups excluding carboxylic acids is 4. The number of aliphatic carboxylic acids is 3. The molecule has 0 fully saturated rings. The average Bonchev–Trinajstić information content (AvgIpc) is 2.72. The van der Waals surface area contributed by atoms with Crippen LogP contribution in [0.4, 0.5) is 0 Å². The number of nitrogens with one attached hydrogen (secondary N) is 3. The molecule has 0 heterocycles. The first kappa shape index (κ1) is 30.2. The quantitative estimate of drug-likeness (QED) is 0.109. The summed E-state index contributed by atoms with van der Waals surface area (Å²) in [6.45, 7) is 3.28. The number of nitrogens with two attached hydrogens (primary N) is 2. The lowest BCUT2D eigenvalue weighted by Gasteiger charge is -2.27. The van der Waals surface area contributed by atoms with E-state index < -0.39 is 97.3 Å². The van der Waals surface area contributed by atoms with Gasteiger partial charge in [-0.3, -0.25) is 28.8 Å². The minimum atomic E-state index is -1.74. The summed E-state index contributed by atoms with van der Waals surface area (Å²) in [6.07, 6.45) is -2.10. The van der Waals surface area contributed by atoms with Gasteiger partial charge in [0.05, 0.1) is 18.9 Å². The van der Waals surface area contributed by atoms with Crippen molar-refractivity contribution >= 4 is 41.5 Å². The lowest BCUT2D eigenvalue weighted by molar-refractivity contribution is -0.144. The molecule has 0 aromatic rings. The molecule has 5 unspecified atom stereocenters. The minimum Gasteiger partial charge on any atom is -0.481 e. The Morgan fingerprint density at radius 1 is 0.794 bits per heavy atom. The molecule has 0 aliphatic rings. The highest BCUT2D eigenvalue weighted by atomic mass is 16.4. The molecule has 10 N–H and O–H groups in total. The van der Waals surface area contributed by atoms with Gasteiger partial charge in [-0.05, 0) is 12.3 Å². The summed E-state index contributed by atoms with van der Waals surface area (Å²) in [5.41, 5.74) is 10.6. The van der Waals surface area contributed by atoms with Crippen LogP contribution in [0.1, 0.15) is 46.0 Å². The van der Waals surface area contributed by atoms with E-state index in [9.17, 15) is 38.7 Å². The van der Waals surface area contributed by atoms with Crippen LogP contribution in [0.25, 0.3) is 0 Å². The maximum Gasteiger partial charge on any atom is 0.326 e. The summed E-state index contributed by atoms with van der Waals surface area (Å²) in [4.78, 5) is 81.8. The molecule has 0 aliphatic heterocycles. The molecule has 0 saturated carbocycles. The fourth-order valence-corrected chi connectivity index (χ4v) is 2.71. The zero-order chi connectivity index (χ0) is 26.6. The van der Waals surface area contributed by atoms with E-state index in [1.165, 1.54) is 0 Å². The molecule has 192 valence electrons. The van der Waals surface area contributed by atoms with Crippen molar-refractivity contribution in [1.29, 1.82) is 0 Å². The number of carboxylic acids is 3. The Morgan fingerprint density at radius 2 is 1.35 bits per heavy atom. The highest BCUT2D eigenvalue weighted by molar-refractivity contribution is 5.96. The number of amides is 4. The zero-order valence-corrected chi connectivity index (χ0v) is 18.8. The van der Waals surface area contributed by atoms with Gasteiger partial charge in [0.25, 0.3) is 0 Å². The topological polar surface area (TPSA) is 268 Å². The smallest absolute Gasteiger partial charge is 0.326 e. The second-order valence-corrected chi connectivity index (χ2v) is 7.64. The second kappa shape index (κ2) is 14.4. The third-order valence-electron chi connectivity index (χ3n) is 4.82. The zero-order valence-electron chi connectivity index (χ0n) is 18.8. The van der Waals surface area contributed by atoms with Crippen molar-refractivity contribution in [3.63, 3.8) is 0 Å². The molecular formula is C19H31N5O10. The van der Waals surface area contributed by atoms with E-state index in [-0.39, 0.29) is 0 Å². The predicted molar refractivity (Wildman–Crippen MR) is 114 cm³/mol. The Bertz CT molecular complexity index is 802. The maximum atomic E-state index is 12.8. The fraction of sp³-hybridized carbons (Fsp3) is 0.632. The molecule has 34 heavy (non-hydrogen) atoms. The van der Waals surface area contributed by atoms with E-state index in [1.54, 1.807) is 13.8 Å². The van der Waals surface area contributed by atoms with Crippen molar-refractivity contribution in [3.05, 3.63) is 0 Å². The van der Waals surface area contributed by atoms with E-state index in [2.05, 4.69) is 10.6 Å². The molecule has 5 atom stereocenters. The summed E-state index contributed by atoms with van der Waals surface area (Å²) in [7, 11) is 0. The number of carboxylic acid groups (broad SMARTS) is 3. The van der Waals surface area contributed by atoms with E-state index in [1.807, 2.05) is 5.32 Å². The number of hydrogen-bond acceptors (Lipinski definition) is 8. The Balaban J connectivity index is 5.59. The van der Waals surface area contributed by atoms with Crippen LogP contribution < -0.4 is 27.4 Å². The first-order chi connectivity index (χ1) is 15.7. The van der Waals surface area contributed by atoms with Gasteiger partial charge in [-0.25, -0.2) is 4.79 Å². The molecule has 4 amide bonds. The van der Waals surface area contributed by atoms with E-state index in [0.717, 1.165) is 0 Å². The highest BCUT2D eigenvalue weighted by Gasteiger charge is 2.33. The van der Waals surface area contributed by atoms with Crippen LogP contribution in [0.2, 0.25) is 0 Å². The van der Waals surface area contributed by atoms with Crippen LogP contribution in [0.15, 0.2) is 0 Å². The summed E-state index contributed by atoms with van der Waals surface area (Å²) >= 11 is 0. The van der Waals surface area contributed by atoms with Crippen LogP contribution in [0, 0.1) is 5.92 Å². The van der Waals surface area contributed by atoms with E-state index in [0.29, 0.717) is 6.42 Å². The molecular weight excluding hydrogens is 458 g/mol. The van der Waals surface area contributed by atoms with E-state index in [4.69, 9.17) is 21.7 Å². The van der Waals surface area contributed by atoms with Gasteiger partial charge in [-0.1, -0.05) is 20.3 Å². The van der Waals surface area contributed by atoms with Gasteiger partial charge in [0.2, 0.25) is 23.6 Å². The number of hydrogen-bond donors (Lipinski definition) is 8. The Labute approximate surface area is 194 Å². The van der Waals surface area contributed by atoms with Gasteiger partial charge in [-0.2, -0.15) is 0 Å². The Morgan fingerprint density at radius 3 is 1.79 bits per heavy atom. The highest BCUT2D eigenvalue weighted by Crippen LogP contribution is 2.10. The number of primary amides is 1. The van der Waals surface area contributed by atoms with Gasteiger partial charge in [-0.15, -0.1) is 0 Å². The molecule has 0 aromatic heterocycles. The Kier molecular flexibility index (Phi) is 12.8. The van der Waals surface area contributed by atoms with Gasteiger partial charge < -0.3 is 42.7 Å². The molecule has 0 saturated heterocycles. The molecule has 15 heteroatoms. The lowest BCUT2D eigenvalue weighted by atomic mass is 9.97. The van der Waals surface area contributed by atoms with Crippen molar-refractivity contribution in [3.8, 4) is 0 Å². The second-order valence-electron chi connectivity index (χ2n) is 7.64. The predicted octanol–water partition coefficient (Wildman–Crippen LogP) is -2.89. The van der Waals surface area contributed by atoms with Crippen LogP contribution in [-0.2, 0) is 33.6 Å². The molecule has 0 rings (SSSR count). The van der Waals surface area contributed by atoms with Crippen molar-refractivity contribution in [2.45, 2.75) is 70.1 Å². The number of carbonyl (C=O) groups is 7. The normalized spacial score (nSPS) is 15.0. The number of rotatable bonds is 16. The van der Waals surface area contributed by atoms with Crippen molar-refractivity contribution in [2.24, 2.45) is 17.4 Å². The van der Waals surface area contributed by atoms with Crippen LogP contribution in [0.5, 0.6) is 0 Å². The van der Waals surface area contributed by atoms with E-state index >= 15 is 0 Å². The van der Waals surface area contributed by atoms with Crippen molar-refractivity contribution < 1.29 is 48.9 Å². The van der Waals surface area contributed by atoms with Gasteiger partial charge in [0, 0.05) is 6.42 Å².